The third-order valence-corrected chi connectivity index (χ3v) is 3.22. The van der Waals surface area contributed by atoms with E-state index in [4.69, 9.17) is 14.7 Å². The Morgan fingerprint density at radius 2 is 1.75 bits per heavy atom. The van der Waals surface area contributed by atoms with Gasteiger partial charge < -0.3 is 9.47 Å². The molecule has 0 unspecified atom stereocenters. The number of hydrogen-bond donors (Lipinski definition) is 0. The van der Waals surface area contributed by atoms with Crippen LogP contribution in [0, 0.1) is 25.2 Å². The van der Waals surface area contributed by atoms with Gasteiger partial charge >= 0.3 is 0 Å². The van der Waals surface area contributed by atoms with E-state index in [1.54, 1.807) is 25.3 Å². The summed E-state index contributed by atoms with van der Waals surface area (Å²) in [6, 6.07) is 13.5. The molecular weight excluding hydrogens is 250 g/mol. The lowest BCUT2D eigenvalue weighted by Gasteiger charge is -2.10. The van der Waals surface area contributed by atoms with Crippen LogP contribution in [-0.4, -0.2) is 7.11 Å². The van der Waals surface area contributed by atoms with Crippen molar-refractivity contribution < 1.29 is 9.47 Å². The van der Waals surface area contributed by atoms with Gasteiger partial charge in [0.1, 0.15) is 18.1 Å². The molecule has 2 aromatic carbocycles. The Balaban J connectivity index is 2.14. The topological polar surface area (TPSA) is 42.2 Å². The van der Waals surface area contributed by atoms with Gasteiger partial charge in [0.05, 0.1) is 18.7 Å². The fourth-order valence-corrected chi connectivity index (χ4v) is 1.90. The molecule has 0 saturated heterocycles. The van der Waals surface area contributed by atoms with E-state index < -0.39 is 0 Å². The summed E-state index contributed by atoms with van der Waals surface area (Å²) < 4.78 is 10.9. The summed E-state index contributed by atoms with van der Waals surface area (Å²) in [5.74, 6) is 1.26. The predicted molar refractivity (Wildman–Crippen MR) is 78.0 cm³/mol. The van der Waals surface area contributed by atoms with Crippen LogP contribution in [0.2, 0.25) is 0 Å². The molecule has 0 fully saturated rings. The zero-order valence-electron chi connectivity index (χ0n) is 11.9. The molecule has 0 spiro atoms. The van der Waals surface area contributed by atoms with Crippen molar-refractivity contribution in [3.63, 3.8) is 0 Å². The minimum absolute atomic E-state index is 0.471. The first-order valence-electron chi connectivity index (χ1n) is 6.40. The molecule has 0 heterocycles. The number of ether oxygens (including phenoxy) is 2. The minimum atomic E-state index is 0.471. The molecule has 2 rings (SSSR count). The van der Waals surface area contributed by atoms with Crippen molar-refractivity contribution in [1.82, 2.24) is 0 Å². The molecule has 0 aromatic heterocycles. The first-order chi connectivity index (χ1) is 9.62. The predicted octanol–water partition coefficient (Wildman–Crippen LogP) is 3.76. The van der Waals surface area contributed by atoms with Crippen LogP contribution in [0.4, 0.5) is 0 Å². The van der Waals surface area contributed by atoms with Crippen molar-refractivity contribution in [3.8, 4) is 17.6 Å². The number of aryl methyl sites for hydroxylation is 2. The molecule has 0 aliphatic carbocycles. The fourth-order valence-electron chi connectivity index (χ4n) is 1.90. The highest BCUT2D eigenvalue weighted by atomic mass is 16.5. The molecule has 20 heavy (non-hydrogen) atoms. The Labute approximate surface area is 119 Å². The summed E-state index contributed by atoms with van der Waals surface area (Å²) in [5.41, 5.74) is 4.14. The van der Waals surface area contributed by atoms with Crippen LogP contribution in [-0.2, 0) is 6.61 Å². The van der Waals surface area contributed by atoms with Crippen molar-refractivity contribution in [2.75, 3.05) is 7.11 Å². The van der Waals surface area contributed by atoms with E-state index >= 15 is 0 Å². The quantitative estimate of drug-likeness (QED) is 0.847. The molecule has 3 nitrogen and oxygen atoms in total. The average Bonchev–Trinajstić information content (AvgIpc) is 2.48. The zero-order valence-corrected chi connectivity index (χ0v) is 11.9. The van der Waals surface area contributed by atoms with E-state index in [2.05, 4.69) is 32.0 Å². The second-order valence-electron chi connectivity index (χ2n) is 4.72. The maximum absolute atomic E-state index is 8.97. The molecule has 102 valence electrons. The fraction of sp³-hybridized carbons (Fsp3) is 0.235. The molecule has 0 aliphatic heterocycles. The van der Waals surface area contributed by atoms with E-state index in [9.17, 15) is 0 Å². The van der Waals surface area contributed by atoms with Gasteiger partial charge in [0, 0.05) is 6.07 Å². The minimum Gasteiger partial charge on any atom is -0.497 e. The summed E-state index contributed by atoms with van der Waals surface area (Å²) in [4.78, 5) is 0. The largest absolute Gasteiger partial charge is 0.497 e. The van der Waals surface area contributed by atoms with Crippen molar-refractivity contribution in [1.29, 1.82) is 5.26 Å². The third kappa shape index (κ3) is 3.30. The van der Waals surface area contributed by atoms with E-state index in [1.165, 1.54) is 11.1 Å². The van der Waals surface area contributed by atoms with Crippen LogP contribution in [0.25, 0.3) is 0 Å². The van der Waals surface area contributed by atoms with Gasteiger partial charge in [-0.05, 0) is 42.7 Å². The summed E-state index contributed by atoms with van der Waals surface area (Å²) >= 11 is 0. The van der Waals surface area contributed by atoms with Gasteiger partial charge in [-0.1, -0.05) is 18.2 Å². The van der Waals surface area contributed by atoms with Crippen molar-refractivity contribution in [2.45, 2.75) is 20.5 Å². The zero-order chi connectivity index (χ0) is 14.5. The molecule has 0 radical (unpaired) electrons. The lowest BCUT2D eigenvalue weighted by Crippen LogP contribution is -1.97. The van der Waals surface area contributed by atoms with Crippen LogP contribution >= 0.6 is 0 Å². The number of rotatable bonds is 4. The Kier molecular flexibility index (Phi) is 4.27. The lowest BCUT2D eigenvalue weighted by atomic mass is 10.1. The van der Waals surface area contributed by atoms with Gasteiger partial charge in [0.15, 0.2) is 0 Å². The SMILES string of the molecule is COc1cc(C#N)cc(OCc2ccc(C)c(C)c2)c1. The Bertz CT molecular complexity index is 657. The standard InChI is InChI=1S/C17H17NO2/c1-12-4-5-14(6-13(12)2)11-20-17-8-15(10-18)7-16(9-17)19-3/h4-9H,11H2,1-3H3. The van der Waals surface area contributed by atoms with Crippen LogP contribution < -0.4 is 9.47 Å². The van der Waals surface area contributed by atoms with Gasteiger partial charge in [-0.25, -0.2) is 0 Å². The van der Waals surface area contributed by atoms with E-state index in [0.29, 0.717) is 23.7 Å². The molecule has 2 aromatic rings. The highest BCUT2D eigenvalue weighted by Gasteiger charge is 2.03. The Hall–Kier alpha value is -2.47. The molecule has 0 bridgehead atoms. The van der Waals surface area contributed by atoms with E-state index in [-0.39, 0.29) is 0 Å². The molecule has 0 aliphatic rings. The van der Waals surface area contributed by atoms with Crippen molar-refractivity contribution in [3.05, 3.63) is 58.7 Å². The molecule has 0 atom stereocenters. The Morgan fingerprint density at radius 3 is 2.40 bits per heavy atom. The average molecular weight is 267 g/mol. The normalized spacial score (nSPS) is 9.90. The number of nitrogens with zero attached hydrogens (tertiary/aromatic N) is 1. The van der Waals surface area contributed by atoms with Crippen LogP contribution in [0.15, 0.2) is 36.4 Å². The maximum Gasteiger partial charge on any atom is 0.124 e. The number of nitriles is 1. The van der Waals surface area contributed by atoms with E-state index in [1.807, 2.05) is 6.07 Å². The maximum atomic E-state index is 8.97. The molecular formula is C17H17NO2. The summed E-state index contributed by atoms with van der Waals surface area (Å²) in [5, 5.41) is 8.97. The number of hydrogen-bond acceptors (Lipinski definition) is 3. The first-order valence-corrected chi connectivity index (χ1v) is 6.40. The molecule has 3 heteroatoms. The monoisotopic (exact) mass is 267 g/mol. The van der Waals surface area contributed by atoms with Crippen LogP contribution in [0.1, 0.15) is 22.3 Å². The van der Waals surface area contributed by atoms with Crippen molar-refractivity contribution >= 4 is 0 Å². The summed E-state index contributed by atoms with van der Waals surface area (Å²) in [6.45, 7) is 4.64. The molecule has 0 N–H and O–H groups in total. The smallest absolute Gasteiger partial charge is 0.124 e. The van der Waals surface area contributed by atoms with Gasteiger partial charge in [0.25, 0.3) is 0 Å². The van der Waals surface area contributed by atoms with Gasteiger partial charge in [-0.3, -0.25) is 0 Å². The van der Waals surface area contributed by atoms with E-state index in [0.717, 1.165) is 5.56 Å². The lowest BCUT2D eigenvalue weighted by molar-refractivity contribution is 0.303. The summed E-state index contributed by atoms with van der Waals surface area (Å²) in [7, 11) is 1.57. The Morgan fingerprint density at radius 1 is 1.00 bits per heavy atom. The highest BCUT2D eigenvalue weighted by molar-refractivity contribution is 5.44. The highest BCUT2D eigenvalue weighted by Crippen LogP contribution is 2.23. The van der Waals surface area contributed by atoms with Gasteiger partial charge in [0.2, 0.25) is 0 Å². The number of benzene rings is 2. The molecule has 0 amide bonds. The number of methoxy groups -OCH3 is 1. The van der Waals surface area contributed by atoms with Crippen molar-refractivity contribution in [2.24, 2.45) is 0 Å². The first kappa shape index (κ1) is 14.0. The summed E-state index contributed by atoms with van der Waals surface area (Å²) in [6.07, 6.45) is 0. The van der Waals surface area contributed by atoms with Gasteiger partial charge in [-0.15, -0.1) is 0 Å². The van der Waals surface area contributed by atoms with Gasteiger partial charge in [-0.2, -0.15) is 5.26 Å². The molecule has 0 saturated carbocycles. The third-order valence-electron chi connectivity index (χ3n) is 3.22. The second-order valence-corrected chi connectivity index (χ2v) is 4.72. The van der Waals surface area contributed by atoms with Crippen LogP contribution in [0.3, 0.4) is 0 Å². The van der Waals surface area contributed by atoms with Crippen LogP contribution in [0.5, 0.6) is 11.5 Å². The second kappa shape index (κ2) is 6.12.